The summed E-state index contributed by atoms with van der Waals surface area (Å²) >= 11 is 0. The number of tetrazole rings is 1. The molecule has 0 amide bonds. The first kappa shape index (κ1) is 10.5. The monoisotopic (exact) mass is 209 g/mol. The molecular weight excluding hydrogens is 190 g/mol. The smallest absolute Gasteiger partial charge is 0.174 e. The molecule has 1 saturated carbocycles. The Morgan fingerprint density at radius 2 is 2.20 bits per heavy atom. The van der Waals surface area contributed by atoms with Crippen LogP contribution in [-0.4, -0.2) is 25.7 Å². The summed E-state index contributed by atoms with van der Waals surface area (Å²) in [5, 5.41) is 12.4. The maximum atomic E-state index is 6.00. The summed E-state index contributed by atoms with van der Waals surface area (Å²) in [5.41, 5.74) is 6.09. The third-order valence-corrected chi connectivity index (χ3v) is 2.76. The van der Waals surface area contributed by atoms with Gasteiger partial charge in [-0.05, 0) is 30.4 Å². The van der Waals surface area contributed by atoms with E-state index in [0.29, 0.717) is 5.92 Å². The van der Waals surface area contributed by atoms with Crippen molar-refractivity contribution in [2.75, 3.05) is 0 Å². The van der Waals surface area contributed by atoms with Crippen molar-refractivity contribution in [3.63, 3.8) is 0 Å². The number of nitrogens with two attached hydrogens (primary N) is 1. The Bertz CT molecular complexity index is 326. The molecule has 1 aromatic heterocycles. The van der Waals surface area contributed by atoms with Crippen molar-refractivity contribution >= 4 is 0 Å². The van der Waals surface area contributed by atoms with E-state index in [2.05, 4.69) is 29.3 Å². The molecule has 2 N–H and O–H groups in total. The van der Waals surface area contributed by atoms with Gasteiger partial charge in [0, 0.05) is 12.0 Å². The largest absolute Gasteiger partial charge is 0.325 e. The minimum atomic E-state index is 0.0868. The van der Waals surface area contributed by atoms with Crippen molar-refractivity contribution in [2.24, 2.45) is 11.7 Å². The lowest BCUT2D eigenvalue weighted by Gasteiger charge is -2.04. The molecule has 1 aliphatic carbocycles. The first-order valence-corrected chi connectivity index (χ1v) is 5.63. The Kier molecular flexibility index (Phi) is 2.73. The summed E-state index contributed by atoms with van der Waals surface area (Å²) in [5.74, 6) is 1.38. The van der Waals surface area contributed by atoms with E-state index in [9.17, 15) is 0 Å². The van der Waals surface area contributed by atoms with Crippen LogP contribution in [0.3, 0.4) is 0 Å². The average Bonchev–Trinajstić information content (AvgIpc) is 2.73. The van der Waals surface area contributed by atoms with Gasteiger partial charge in [-0.25, -0.2) is 0 Å². The second-order valence-corrected chi connectivity index (χ2v) is 5.02. The normalized spacial score (nSPS) is 18.4. The number of aryl methyl sites for hydroxylation is 1. The molecule has 1 heterocycles. The Balaban J connectivity index is 1.84. The van der Waals surface area contributed by atoms with Crippen LogP contribution in [0.1, 0.15) is 38.9 Å². The SMILES string of the molecule is CC(C)Cn1nnc(CCC2(N)CC2)n1. The Hall–Kier alpha value is -0.970. The zero-order chi connectivity index (χ0) is 10.9. The van der Waals surface area contributed by atoms with Gasteiger partial charge in [-0.2, -0.15) is 4.80 Å². The van der Waals surface area contributed by atoms with E-state index in [0.717, 1.165) is 38.1 Å². The first-order chi connectivity index (χ1) is 7.07. The molecule has 5 nitrogen and oxygen atoms in total. The van der Waals surface area contributed by atoms with Crippen molar-refractivity contribution < 1.29 is 0 Å². The van der Waals surface area contributed by atoms with E-state index in [4.69, 9.17) is 5.73 Å². The van der Waals surface area contributed by atoms with Gasteiger partial charge in [0.05, 0.1) is 6.54 Å². The zero-order valence-corrected chi connectivity index (χ0v) is 9.48. The number of hydrogen-bond donors (Lipinski definition) is 1. The fraction of sp³-hybridized carbons (Fsp3) is 0.900. The molecule has 5 heteroatoms. The molecule has 1 aromatic rings. The van der Waals surface area contributed by atoms with Gasteiger partial charge in [0.25, 0.3) is 0 Å². The highest BCUT2D eigenvalue weighted by atomic mass is 15.6. The lowest BCUT2D eigenvalue weighted by atomic mass is 10.1. The molecule has 0 spiro atoms. The van der Waals surface area contributed by atoms with Crippen LogP contribution >= 0.6 is 0 Å². The van der Waals surface area contributed by atoms with Gasteiger partial charge in [0.1, 0.15) is 0 Å². The molecule has 15 heavy (non-hydrogen) atoms. The highest BCUT2D eigenvalue weighted by molar-refractivity contribution is 5.00. The van der Waals surface area contributed by atoms with Crippen LogP contribution in [0.4, 0.5) is 0 Å². The summed E-state index contributed by atoms with van der Waals surface area (Å²) in [6.07, 6.45) is 4.13. The molecule has 1 fully saturated rings. The molecule has 2 rings (SSSR count). The predicted molar refractivity (Wildman–Crippen MR) is 57.1 cm³/mol. The van der Waals surface area contributed by atoms with Gasteiger partial charge in [0.2, 0.25) is 0 Å². The van der Waals surface area contributed by atoms with Crippen molar-refractivity contribution in [3.05, 3.63) is 5.82 Å². The van der Waals surface area contributed by atoms with Gasteiger partial charge in [-0.1, -0.05) is 13.8 Å². The van der Waals surface area contributed by atoms with Crippen LogP contribution in [0.15, 0.2) is 0 Å². The fourth-order valence-corrected chi connectivity index (χ4v) is 1.55. The molecule has 0 unspecified atom stereocenters. The standard InChI is InChI=1S/C10H19N5/c1-8(2)7-15-13-9(12-14-15)3-4-10(11)5-6-10/h8H,3-7,11H2,1-2H3. The lowest BCUT2D eigenvalue weighted by Crippen LogP contribution is -2.22. The summed E-state index contributed by atoms with van der Waals surface area (Å²) in [6, 6.07) is 0. The topological polar surface area (TPSA) is 69.6 Å². The summed E-state index contributed by atoms with van der Waals surface area (Å²) in [4.78, 5) is 1.68. The van der Waals surface area contributed by atoms with Crippen LogP contribution in [-0.2, 0) is 13.0 Å². The minimum absolute atomic E-state index is 0.0868. The molecule has 0 aliphatic heterocycles. The number of nitrogens with zero attached hydrogens (tertiary/aromatic N) is 4. The summed E-state index contributed by atoms with van der Waals surface area (Å²) in [6.45, 7) is 5.12. The highest BCUT2D eigenvalue weighted by Crippen LogP contribution is 2.36. The zero-order valence-electron chi connectivity index (χ0n) is 9.48. The maximum Gasteiger partial charge on any atom is 0.174 e. The van der Waals surface area contributed by atoms with Crippen LogP contribution in [0, 0.1) is 5.92 Å². The fourth-order valence-electron chi connectivity index (χ4n) is 1.55. The van der Waals surface area contributed by atoms with Crippen LogP contribution < -0.4 is 5.73 Å². The van der Waals surface area contributed by atoms with Crippen molar-refractivity contribution in [2.45, 2.75) is 51.6 Å². The van der Waals surface area contributed by atoms with Crippen LogP contribution in [0.2, 0.25) is 0 Å². The summed E-state index contributed by atoms with van der Waals surface area (Å²) in [7, 11) is 0. The number of rotatable bonds is 5. The molecule has 0 aromatic carbocycles. The molecule has 0 atom stereocenters. The first-order valence-electron chi connectivity index (χ1n) is 5.63. The number of hydrogen-bond acceptors (Lipinski definition) is 4. The Labute approximate surface area is 90.0 Å². The van der Waals surface area contributed by atoms with E-state index in [1.807, 2.05) is 0 Å². The highest BCUT2D eigenvalue weighted by Gasteiger charge is 2.37. The quantitative estimate of drug-likeness (QED) is 0.777. The van der Waals surface area contributed by atoms with E-state index >= 15 is 0 Å². The van der Waals surface area contributed by atoms with E-state index in [1.54, 1.807) is 4.80 Å². The summed E-state index contributed by atoms with van der Waals surface area (Å²) < 4.78 is 0. The van der Waals surface area contributed by atoms with Gasteiger partial charge in [0.15, 0.2) is 5.82 Å². The number of aromatic nitrogens is 4. The third kappa shape index (κ3) is 2.99. The van der Waals surface area contributed by atoms with Crippen molar-refractivity contribution in [1.29, 1.82) is 0 Å². The van der Waals surface area contributed by atoms with Gasteiger partial charge in [-0.3, -0.25) is 0 Å². The van der Waals surface area contributed by atoms with Crippen molar-refractivity contribution in [3.8, 4) is 0 Å². The van der Waals surface area contributed by atoms with Gasteiger partial charge >= 0.3 is 0 Å². The Morgan fingerprint density at radius 3 is 2.80 bits per heavy atom. The van der Waals surface area contributed by atoms with E-state index in [-0.39, 0.29) is 5.54 Å². The molecule has 1 aliphatic rings. The second-order valence-electron chi connectivity index (χ2n) is 5.02. The predicted octanol–water partition coefficient (Wildman–Crippen LogP) is 0.753. The van der Waals surface area contributed by atoms with E-state index < -0.39 is 0 Å². The molecule has 0 radical (unpaired) electrons. The maximum absolute atomic E-state index is 6.00. The van der Waals surface area contributed by atoms with E-state index in [1.165, 1.54) is 0 Å². The minimum Gasteiger partial charge on any atom is -0.325 e. The average molecular weight is 209 g/mol. The molecular formula is C10H19N5. The molecule has 0 bridgehead atoms. The van der Waals surface area contributed by atoms with Crippen LogP contribution in [0.5, 0.6) is 0 Å². The third-order valence-electron chi connectivity index (χ3n) is 2.76. The van der Waals surface area contributed by atoms with Crippen LogP contribution in [0.25, 0.3) is 0 Å². The Morgan fingerprint density at radius 1 is 1.47 bits per heavy atom. The van der Waals surface area contributed by atoms with Gasteiger partial charge < -0.3 is 5.73 Å². The molecule has 84 valence electrons. The van der Waals surface area contributed by atoms with Crippen molar-refractivity contribution in [1.82, 2.24) is 20.2 Å². The second kappa shape index (κ2) is 3.89. The molecule has 0 saturated heterocycles. The lowest BCUT2D eigenvalue weighted by molar-refractivity contribution is 0.428. The van der Waals surface area contributed by atoms with Gasteiger partial charge in [-0.15, -0.1) is 10.2 Å².